The van der Waals surface area contributed by atoms with Crippen molar-refractivity contribution in [3.05, 3.63) is 0 Å². The summed E-state index contributed by atoms with van der Waals surface area (Å²) in [6.45, 7) is 10.9. The number of hydrogen-bond donors (Lipinski definition) is 2. The Bertz CT molecular complexity index is 206. The van der Waals surface area contributed by atoms with E-state index in [4.69, 9.17) is 4.74 Å². The summed E-state index contributed by atoms with van der Waals surface area (Å²) in [5.74, 6) is 0.774. The van der Waals surface area contributed by atoms with Crippen molar-refractivity contribution in [2.75, 3.05) is 45.9 Å². The second-order valence-corrected chi connectivity index (χ2v) is 5.62. The number of piperidine rings is 1. The molecule has 1 rings (SSSR count). The molecule has 4 heteroatoms. The van der Waals surface area contributed by atoms with Crippen LogP contribution in [0.4, 0.5) is 0 Å². The molecule has 1 unspecified atom stereocenters. The van der Waals surface area contributed by atoms with Crippen LogP contribution in [-0.2, 0) is 4.74 Å². The van der Waals surface area contributed by atoms with Gasteiger partial charge in [-0.05, 0) is 51.4 Å². The van der Waals surface area contributed by atoms with E-state index < -0.39 is 0 Å². The Labute approximate surface area is 118 Å². The van der Waals surface area contributed by atoms with Gasteiger partial charge in [0.25, 0.3) is 0 Å². The maximum absolute atomic E-state index is 9.76. The quantitative estimate of drug-likeness (QED) is 0.591. The van der Waals surface area contributed by atoms with Gasteiger partial charge in [0.05, 0.1) is 12.7 Å². The summed E-state index contributed by atoms with van der Waals surface area (Å²) in [5.41, 5.74) is 0. The van der Waals surface area contributed by atoms with Gasteiger partial charge in [0.1, 0.15) is 0 Å². The summed E-state index contributed by atoms with van der Waals surface area (Å²) in [7, 11) is 0. The van der Waals surface area contributed by atoms with E-state index >= 15 is 0 Å². The lowest BCUT2D eigenvalue weighted by molar-refractivity contribution is 0.0351. The minimum atomic E-state index is -0.368. The van der Waals surface area contributed by atoms with Crippen LogP contribution >= 0.6 is 0 Å². The lowest BCUT2D eigenvalue weighted by Crippen LogP contribution is -2.39. The van der Waals surface area contributed by atoms with Crippen LogP contribution in [0.5, 0.6) is 0 Å². The first kappa shape index (κ1) is 16.9. The Morgan fingerprint density at radius 3 is 2.68 bits per heavy atom. The Balaban J connectivity index is 1.95. The number of aliphatic hydroxyl groups excluding tert-OH is 1. The van der Waals surface area contributed by atoms with Crippen LogP contribution in [0.15, 0.2) is 0 Å². The molecule has 2 N–H and O–H groups in total. The number of ether oxygens (including phenoxy) is 1. The van der Waals surface area contributed by atoms with Crippen LogP contribution in [0.25, 0.3) is 0 Å². The Morgan fingerprint density at radius 1 is 1.32 bits per heavy atom. The topological polar surface area (TPSA) is 44.7 Å². The fourth-order valence-corrected chi connectivity index (χ4v) is 2.49. The molecule has 1 aliphatic heterocycles. The smallest absolute Gasteiger partial charge is 0.0897 e. The summed E-state index contributed by atoms with van der Waals surface area (Å²) in [5, 5.41) is 13.1. The second kappa shape index (κ2) is 10.6. The zero-order valence-electron chi connectivity index (χ0n) is 12.7. The number of nitrogens with one attached hydrogen (secondary N) is 1. The molecule has 1 aliphatic rings. The van der Waals surface area contributed by atoms with E-state index in [9.17, 15) is 5.11 Å². The van der Waals surface area contributed by atoms with Crippen molar-refractivity contribution in [3.63, 3.8) is 0 Å². The van der Waals surface area contributed by atoms with Crippen molar-refractivity contribution in [1.82, 2.24) is 10.2 Å². The number of unbranched alkanes of at least 4 members (excludes halogenated alkanes) is 1. The number of aliphatic hydroxyl groups is 1. The fraction of sp³-hybridized carbons (Fsp3) is 1.00. The van der Waals surface area contributed by atoms with Crippen molar-refractivity contribution >= 4 is 0 Å². The predicted molar refractivity (Wildman–Crippen MR) is 79.4 cm³/mol. The van der Waals surface area contributed by atoms with Gasteiger partial charge in [-0.15, -0.1) is 0 Å². The zero-order valence-corrected chi connectivity index (χ0v) is 12.7. The van der Waals surface area contributed by atoms with Gasteiger partial charge >= 0.3 is 0 Å². The highest BCUT2D eigenvalue weighted by Crippen LogP contribution is 2.15. The first-order valence-corrected chi connectivity index (χ1v) is 7.95. The van der Waals surface area contributed by atoms with Crippen LogP contribution in [0.1, 0.15) is 39.5 Å². The molecule has 0 aliphatic carbocycles. The lowest BCUT2D eigenvalue weighted by atomic mass is 9.97. The second-order valence-electron chi connectivity index (χ2n) is 5.62. The standard InChI is InChI=1S/C15H32N2O2/c1-3-5-10-19-13-15(18)12-16-11-14-6-8-17(4-2)9-7-14/h14-16,18H,3-13H2,1-2H3. The SMILES string of the molecule is CCCCOCC(O)CNCC1CCN(CC)CC1. The van der Waals surface area contributed by atoms with E-state index in [-0.39, 0.29) is 6.10 Å². The van der Waals surface area contributed by atoms with Gasteiger partial charge in [0.2, 0.25) is 0 Å². The first-order chi connectivity index (χ1) is 9.26. The maximum atomic E-state index is 9.76. The Hall–Kier alpha value is -0.160. The Kier molecular flexibility index (Phi) is 9.43. The molecule has 1 fully saturated rings. The van der Waals surface area contributed by atoms with Crippen LogP contribution < -0.4 is 5.32 Å². The highest BCUT2D eigenvalue weighted by Gasteiger charge is 2.17. The largest absolute Gasteiger partial charge is 0.389 e. The normalized spacial score (nSPS) is 19.7. The van der Waals surface area contributed by atoms with Crippen LogP contribution in [-0.4, -0.2) is 62.0 Å². The van der Waals surface area contributed by atoms with Crippen LogP contribution in [0.2, 0.25) is 0 Å². The monoisotopic (exact) mass is 272 g/mol. The number of hydrogen-bond acceptors (Lipinski definition) is 4. The molecule has 4 nitrogen and oxygen atoms in total. The Morgan fingerprint density at radius 2 is 2.05 bits per heavy atom. The molecular weight excluding hydrogens is 240 g/mol. The minimum Gasteiger partial charge on any atom is -0.389 e. The summed E-state index contributed by atoms with van der Waals surface area (Å²) < 4.78 is 5.41. The van der Waals surface area contributed by atoms with Gasteiger partial charge in [-0.2, -0.15) is 0 Å². The summed E-state index contributed by atoms with van der Waals surface area (Å²) in [4.78, 5) is 2.51. The molecule has 1 heterocycles. The summed E-state index contributed by atoms with van der Waals surface area (Å²) in [6.07, 6.45) is 4.42. The third-order valence-electron chi connectivity index (χ3n) is 3.92. The molecule has 0 radical (unpaired) electrons. The van der Waals surface area contributed by atoms with Crippen molar-refractivity contribution in [1.29, 1.82) is 0 Å². The molecule has 0 aromatic carbocycles. The van der Waals surface area contributed by atoms with E-state index in [1.807, 2.05) is 0 Å². The van der Waals surface area contributed by atoms with E-state index in [0.717, 1.165) is 31.9 Å². The molecule has 0 aromatic heterocycles. The predicted octanol–water partition coefficient (Wildman–Crippen LogP) is 1.49. The molecular formula is C15H32N2O2. The molecule has 0 amide bonds. The third kappa shape index (κ3) is 7.88. The molecule has 1 atom stereocenters. The fourth-order valence-electron chi connectivity index (χ4n) is 2.49. The molecule has 0 bridgehead atoms. The summed E-state index contributed by atoms with van der Waals surface area (Å²) in [6, 6.07) is 0. The summed E-state index contributed by atoms with van der Waals surface area (Å²) >= 11 is 0. The van der Waals surface area contributed by atoms with Gasteiger partial charge in [-0.1, -0.05) is 20.3 Å². The zero-order chi connectivity index (χ0) is 13.9. The van der Waals surface area contributed by atoms with Gasteiger partial charge < -0.3 is 20.1 Å². The highest BCUT2D eigenvalue weighted by molar-refractivity contribution is 4.73. The lowest BCUT2D eigenvalue weighted by Gasteiger charge is -2.31. The molecule has 114 valence electrons. The maximum Gasteiger partial charge on any atom is 0.0897 e. The molecule has 0 aromatic rings. The van der Waals surface area contributed by atoms with Crippen molar-refractivity contribution < 1.29 is 9.84 Å². The minimum absolute atomic E-state index is 0.368. The highest BCUT2D eigenvalue weighted by atomic mass is 16.5. The molecule has 1 saturated heterocycles. The molecule has 0 spiro atoms. The number of rotatable bonds is 10. The third-order valence-corrected chi connectivity index (χ3v) is 3.92. The van der Waals surface area contributed by atoms with E-state index in [1.165, 1.54) is 32.5 Å². The number of nitrogens with zero attached hydrogens (tertiary/aromatic N) is 1. The average Bonchev–Trinajstić information content (AvgIpc) is 2.44. The van der Waals surface area contributed by atoms with Gasteiger partial charge in [-0.3, -0.25) is 0 Å². The van der Waals surface area contributed by atoms with Gasteiger partial charge in [0.15, 0.2) is 0 Å². The van der Waals surface area contributed by atoms with Crippen LogP contribution in [0, 0.1) is 5.92 Å². The van der Waals surface area contributed by atoms with Crippen molar-refractivity contribution in [3.8, 4) is 0 Å². The van der Waals surface area contributed by atoms with Crippen molar-refractivity contribution in [2.45, 2.75) is 45.6 Å². The van der Waals surface area contributed by atoms with E-state index in [2.05, 4.69) is 24.1 Å². The number of likely N-dealkylation sites (tertiary alicyclic amines) is 1. The first-order valence-electron chi connectivity index (χ1n) is 7.95. The van der Waals surface area contributed by atoms with E-state index in [0.29, 0.717) is 13.2 Å². The van der Waals surface area contributed by atoms with Crippen molar-refractivity contribution in [2.24, 2.45) is 5.92 Å². The molecule has 19 heavy (non-hydrogen) atoms. The molecule has 0 saturated carbocycles. The average molecular weight is 272 g/mol. The van der Waals surface area contributed by atoms with E-state index in [1.54, 1.807) is 0 Å². The van der Waals surface area contributed by atoms with Gasteiger partial charge in [-0.25, -0.2) is 0 Å². The van der Waals surface area contributed by atoms with Gasteiger partial charge in [0, 0.05) is 13.2 Å². The van der Waals surface area contributed by atoms with Crippen LogP contribution in [0.3, 0.4) is 0 Å².